The fraction of sp³-hybridized carbons (Fsp3) is 0.684. The van der Waals surface area contributed by atoms with Crippen LogP contribution >= 0.6 is 24.0 Å². The second-order valence-corrected chi connectivity index (χ2v) is 6.60. The second-order valence-electron chi connectivity index (χ2n) is 6.60. The van der Waals surface area contributed by atoms with Gasteiger partial charge in [-0.05, 0) is 30.9 Å². The molecule has 5 nitrogen and oxygen atoms in total. The van der Waals surface area contributed by atoms with E-state index in [0.29, 0.717) is 0 Å². The molecule has 1 aromatic rings. The van der Waals surface area contributed by atoms with Crippen molar-refractivity contribution in [2.24, 2.45) is 4.99 Å². The molecule has 1 fully saturated rings. The Morgan fingerprint density at radius 1 is 1.24 bits per heavy atom. The Balaban J connectivity index is 0.00000312. The lowest BCUT2D eigenvalue weighted by Gasteiger charge is -2.23. The van der Waals surface area contributed by atoms with Gasteiger partial charge in [-0.25, -0.2) is 4.98 Å². The molecule has 1 N–H and O–H groups in total. The van der Waals surface area contributed by atoms with Gasteiger partial charge in [0, 0.05) is 46.5 Å². The van der Waals surface area contributed by atoms with Crippen molar-refractivity contribution >= 4 is 35.8 Å². The zero-order valence-electron chi connectivity index (χ0n) is 16.0. The van der Waals surface area contributed by atoms with Crippen molar-refractivity contribution in [1.82, 2.24) is 15.2 Å². The molecule has 0 spiro atoms. The van der Waals surface area contributed by atoms with Crippen LogP contribution in [0.15, 0.2) is 23.3 Å². The van der Waals surface area contributed by atoms with Gasteiger partial charge in [0.05, 0.1) is 0 Å². The summed E-state index contributed by atoms with van der Waals surface area (Å²) in [4.78, 5) is 13.6. The van der Waals surface area contributed by atoms with Gasteiger partial charge >= 0.3 is 0 Å². The lowest BCUT2D eigenvalue weighted by Crippen LogP contribution is -2.39. The first kappa shape index (κ1) is 22.0. The summed E-state index contributed by atoms with van der Waals surface area (Å²) < 4.78 is 0. The van der Waals surface area contributed by atoms with Crippen LogP contribution in [0.2, 0.25) is 0 Å². The third-order valence-electron chi connectivity index (χ3n) is 4.61. The number of nitrogens with one attached hydrogen (secondary N) is 1. The second kappa shape index (κ2) is 12.3. The largest absolute Gasteiger partial charge is 0.357 e. The molecular formula is C19H34IN5. The molecule has 6 heteroatoms. The van der Waals surface area contributed by atoms with Gasteiger partial charge in [-0.3, -0.25) is 4.99 Å². The Bertz CT molecular complexity index is 495. The van der Waals surface area contributed by atoms with Crippen LogP contribution in [0.3, 0.4) is 0 Å². The molecule has 0 aromatic carbocycles. The van der Waals surface area contributed by atoms with E-state index in [4.69, 9.17) is 0 Å². The van der Waals surface area contributed by atoms with Gasteiger partial charge in [-0.2, -0.15) is 0 Å². The maximum atomic E-state index is 4.67. The highest BCUT2D eigenvalue weighted by molar-refractivity contribution is 14.0. The minimum absolute atomic E-state index is 0. The van der Waals surface area contributed by atoms with E-state index >= 15 is 0 Å². The number of unbranched alkanes of at least 4 members (excludes halogenated alkanes) is 1. The Labute approximate surface area is 170 Å². The zero-order valence-corrected chi connectivity index (χ0v) is 18.3. The average Bonchev–Trinajstić information content (AvgIpc) is 2.90. The summed E-state index contributed by atoms with van der Waals surface area (Å²) >= 11 is 0. The van der Waals surface area contributed by atoms with Crippen LogP contribution < -0.4 is 10.2 Å². The number of rotatable bonds is 6. The summed E-state index contributed by atoms with van der Waals surface area (Å²) in [5.41, 5.74) is 1.19. The molecule has 1 aromatic heterocycles. The van der Waals surface area contributed by atoms with Gasteiger partial charge in [-0.1, -0.05) is 32.3 Å². The molecule has 25 heavy (non-hydrogen) atoms. The molecule has 0 amide bonds. The van der Waals surface area contributed by atoms with Crippen molar-refractivity contribution in [3.63, 3.8) is 0 Å². The number of pyridine rings is 1. The highest BCUT2D eigenvalue weighted by atomic mass is 127. The number of hydrogen-bond donors (Lipinski definition) is 1. The molecule has 1 aliphatic heterocycles. The lowest BCUT2D eigenvalue weighted by molar-refractivity contribution is 0.464. The summed E-state index contributed by atoms with van der Waals surface area (Å²) in [7, 11) is 3.93. The number of halogens is 1. The Kier molecular flexibility index (Phi) is 10.8. The molecule has 0 unspecified atom stereocenters. The molecule has 0 bridgehead atoms. The monoisotopic (exact) mass is 459 g/mol. The first-order valence-corrected chi connectivity index (χ1v) is 9.36. The molecule has 0 saturated carbocycles. The van der Waals surface area contributed by atoms with Gasteiger partial charge in [0.1, 0.15) is 5.82 Å². The number of hydrogen-bond acceptors (Lipinski definition) is 3. The van der Waals surface area contributed by atoms with Crippen LogP contribution in [0.25, 0.3) is 0 Å². The van der Waals surface area contributed by atoms with Gasteiger partial charge in [0.15, 0.2) is 5.96 Å². The summed E-state index contributed by atoms with van der Waals surface area (Å²) in [6, 6.07) is 4.34. The number of guanidine groups is 1. The van der Waals surface area contributed by atoms with E-state index in [-0.39, 0.29) is 24.0 Å². The summed E-state index contributed by atoms with van der Waals surface area (Å²) in [5, 5.41) is 3.43. The lowest BCUT2D eigenvalue weighted by atomic mass is 10.2. The molecular weight excluding hydrogens is 425 g/mol. The topological polar surface area (TPSA) is 43.8 Å². The molecule has 2 rings (SSSR count). The highest BCUT2D eigenvalue weighted by Crippen LogP contribution is 2.17. The third-order valence-corrected chi connectivity index (χ3v) is 4.61. The van der Waals surface area contributed by atoms with Gasteiger partial charge in [-0.15, -0.1) is 24.0 Å². The van der Waals surface area contributed by atoms with Crippen LogP contribution in [0.1, 0.15) is 51.0 Å². The van der Waals surface area contributed by atoms with Crippen LogP contribution in [-0.2, 0) is 6.54 Å². The van der Waals surface area contributed by atoms with Crippen LogP contribution in [-0.4, -0.2) is 49.6 Å². The standard InChI is InChI=1S/C19H33N5.HI/c1-4-5-12-23(3)19(20-2)22-16-17-10-11-18(21-15-17)24-13-8-6-7-9-14-24;/h10-11,15H,4-9,12-14,16H2,1-3H3,(H,20,22);1H. The molecule has 1 saturated heterocycles. The van der Waals surface area contributed by atoms with Crippen molar-refractivity contribution in [1.29, 1.82) is 0 Å². The summed E-state index contributed by atoms with van der Waals surface area (Å²) in [6.07, 6.45) is 9.64. The van der Waals surface area contributed by atoms with Gasteiger partial charge < -0.3 is 15.1 Å². The van der Waals surface area contributed by atoms with E-state index in [1.54, 1.807) is 0 Å². The quantitative estimate of drug-likeness (QED) is 0.398. The number of aromatic nitrogens is 1. The van der Waals surface area contributed by atoms with E-state index in [1.807, 2.05) is 13.2 Å². The van der Waals surface area contributed by atoms with Gasteiger partial charge in [0.2, 0.25) is 0 Å². The Morgan fingerprint density at radius 2 is 1.96 bits per heavy atom. The van der Waals surface area contributed by atoms with Crippen molar-refractivity contribution in [3.05, 3.63) is 23.9 Å². The Morgan fingerprint density at radius 3 is 2.52 bits per heavy atom. The van der Waals surface area contributed by atoms with Crippen LogP contribution in [0.4, 0.5) is 5.82 Å². The predicted octanol–water partition coefficient (Wildman–Crippen LogP) is 3.89. The summed E-state index contributed by atoms with van der Waals surface area (Å²) in [6.45, 7) is 6.28. The van der Waals surface area contributed by atoms with Crippen molar-refractivity contribution < 1.29 is 0 Å². The third kappa shape index (κ3) is 7.38. The minimum Gasteiger partial charge on any atom is -0.357 e. The van der Waals surface area contributed by atoms with E-state index < -0.39 is 0 Å². The zero-order chi connectivity index (χ0) is 17.2. The molecule has 142 valence electrons. The minimum atomic E-state index is 0. The first-order chi connectivity index (χ1) is 11.7. The molecule has 2 heterocycles. The smallest absolute Gasteiger partial charge is 0.193 e. The fourth-order valence-electron chi connectivity index (χ4n) is 3.08. The maximum Gasteiger partial charge on any atom is 0.193 e. The maximum absolute atomic E-state index is 4.67. The molecule has 0 atom stereocenters. The van der Waals surface area contributed by atoms with E-state index in [9.17, 15) is 0 Å². The Hall–Kier alpha value is -1.05. The van der Waals surface area contributed by atoms with E-state index in [2.05, 4.69) is 51.2 Å². The SMILES string of the molecule is CCCCN(C)C(=NC)NCc1ccc(N2CCCCCC2)nc1.I. The predicted molar refractivity (Wildman–Crippen MR) is 118 cm³/mol. The molecule has 0 radical (unpaired) electrons. The first-order valence-electron chi connectivity index (χ1n) is 9.36. The summed E-state index contributed by atoms with van der Waals surface area (Å²) in [5.74, 6) is 2.06. The number of nitrogens with zero attached hydrogens (tertiary/aromatic N) is 4. The average molecular weight is 459 g/mol. The van der Waals surface area contributed by atoms with Gasteiger partial charge in [0.25, 0.3) is 0 Å². The number of aliphatic imine (C=N–C) groups is 1. The van der Waals surface area contributed by atoms with Crippen LogP contribution in [0.5, 0.6) is 0 Å². The van der Waals surface area contributed by atoms with Crippen molar-refractivity contribution in [2.45, 2.75) is 52.0 Å². The van der Waals surface area contributed by atoms with E-state index in [1.165, 1.54) is 44.1 Å². The van der Waals surface area contributed by atoms with Crippen molar-refractivity contribution in [2.75, 3.05) is 38.6 Å². The normalized spacial score (nSPS) is 15.3. The van der Waals surface area contributed by atoms with Crippen molar-refractivity contribution in [3.8, 4) is 0 Å². The fourth-order valence-corrected chi connectivity index (χ4v) is 3.08. The number of anilines is 1. The highest BCUT2D eigenvalue weighted by Gasteiger charge is 2.11. The molecule has 1 aliphatic rings. The van der Waals surface area contributed by atoms with E-state index in [0.717, 1.165) is 38.0 Å². The van der Waals surface area contributed by atoms with Crippen LogP contribution in [0, 0.1) is 0 Å². The molecule has 0 aliphatic carbocycles.